The molecule has 0 bridgehead atoms. The minimum Gasteiger partial charge on any atom is -0.396 e. The molecule has 2 atom stereocenters. The number of aliphatic hydroxyl groups is 1. The monoisotopic (exact) mass is 251 g/mol. The van der Waals surface area contributed by atoms with Crippen LogP contribution < -0.4 is 10.6 Å². The lowest BCUT2D eigenvalue weighted by molar-refractivity contribution is 0.227. The summed E-state index contributed by atoms with van der Waals surface area (Å²) < 4.78 is 0. The van der Waals surface area contributed by atoms with E-state index in [2.05, 4.69) is 15.6 Å². The topological polar surface area (TPSA) is 74.2 Å². The quantitative estimate of drug-likeness (QED) is 0.719. The van der Waals surface area contributed by atoms with Gasteiger partial charge in [-0.05, 0) is 37.5 Å². The molecule has 0 saturated heterocycles. The normalized spacial score (nSPS) is 13.7. The standard InChI is InChI=1S/C13H21N3O2/c1-3-12(11-4-7-14-8-5-11)16-13(18)15-10(2)6-9-17/h4-5,7-8,10,12,17H,3,6,9H2,1-2H3,(H2,15,16,18)/t10-,12?/m1/s1. The van der Waals surface area contributed by atoms with Crippen LogP contribution in [0.15, 0.2) is 24.5 Å². The number of carbonyl (C=O) groups is 1. The SMILES string of the molecule is CCC(NC(=O)N[C@H](C)CCO)c1ccncc1. The minimum atomic E-state index is -0.209. The fourth-order valence-electron chi connectivity index (χ4n) is 1.71. The van der Waals surface area contributed by atoms with Crippen LogP contribution in [-0.2, 0) is 0 Å². The third-order valence-electron chi connectivity index (χ3n) is 2.76. The second-order valence-electron chi connectivity index (χ2n) is 4.27. The predicted octanol–water partition coefficient (Wildman–Crippen LogP) is 1.60. The Morgan fingerprint density at radius 2 is 2.06 bits per heavy atom. The minimum absolute atomic E-state index is 0.0191. The Hall–Kier alpha value is -1.62. The first-order chi connectivity index (χ1) is 8.67. The van der Waals surface area contributed by atoms with E-state index in [0.717, 1.165) is 12.0 Å². The van der Waals surface area contributed by atoms with Gasteiger partial charge in [0, 0.05) is 25.0 Å². The van der Waals surface area contributed by atoms with E-state index < -0.39 is 0 Å². The summed E-state index contributed by atoms with van der Waals surface area (Å²) in [6, 6.07) is 3.52. The molecule has 5 nitrogen and oxygen atoms in total. The van der Waals surface area contributed by atoms with Gasteiger partial charge in [0.05, 0.1) is 6.04 Å². The molecule has 0 saturated carbocycles. The molecule has 1 rings (SSSR count). The fraction of sp³-hybridized carbons (Fsp3) is 0.538. The number of hydrogen-bond donors (Lipinski definition) is 3. The lowest BCUT2D eigenvalue weighted by Gasteiger charge is -2.20. The zero-order valence-electron chi connectivity index (χ0n) is 10.9. The largest absolute Gasteiger partial charge is 0.396 e. The molecular formula is C13H21N3O2. The van der Waals surface area contributed by atoms with Crippen LogP contribution in [-0.4, -0.2) is 28.8 Å². The first kappa shape index (κ1) is 14.4. The van der Waals surface area contributed by atoms with Gasteiger partial charge < -0.3 is 15.7 Å². The summed E-state index contributed by atoms with van der Waals surface area (Å²) in [6.45, 7) is 3.95. The summed E-state index contributed by atoms with van der Waals surface area (Å²) >= 11 is 0. The second kappa shape index (κ2) is 7.66. The number of carbonyl (C=O) groups excluding carboxylic acids is 1. The van der Waals surface area contributed by atoms with Crippen molar-refractivity contribution in [3.05, 3.63) is 30.1 Å². The van der Waals surface area contributed by atoms with Crippen molar-refractivity contribution in [2.75, 3.05) is 6.61 Å². The maximum absolute atomic E-state index is 11.8. The van der Waals surface area contributed by atoms with Gasteiger partial charge in [-0.1, -0.05) is 6.92 Å². The molecule has 0 spiro atoms. The van der Waals surface area contributed by atoms with Gasteiger partial charge in [0.1, 0.15) is 0 Å². The van der Waals surface area contributed by atoms with Gasteiger partial charge in [-0.15, -0.1) is 0 Å². The molecule has 0 aliphatic carbocycles. The van der Waals surface area contributed by atoms with Gasteiger partial charge in [-0.25, -0.2) is 4.79 Å². The molecule has 0 aliphatic rings. The third-order valence-corrected chi connectivity index (χ3v) is 2.76. The van der Waals surface area contributed by atoms with Crippen LogP contribution in [0.4, 0.5) is 4.79 Å². The Kier molecular flexibility index (Phi) is 6.14. The first-order valence-corrected chi connectivity index (χ1v) is 6.25. The second-order valence-corrected chi connectivity index (χ2v) is 4.27. The van der Waals surface area contributed by atoms with Crippen LogP contribution in [0.2, 0.25) is 0 Å². The molecule has 1 heterocycles. The molecule has 0 aromatic carbocycles. The lowest BCUT2D eigenvalue weighted by Crippen LogP contribution is -2.42. The summed E-state index contributed by atoms with van der Waals surface area (Å²) in [6.07, 6.45) is 4.79. The number of rotatable bonds is 6. The van der Waals surface area contributed by atoms with Crippen molar-refractivity contribution < 1.29 is 9.90 Å². The van der Waals surface area contributed by atoms with Crippen molar-refractivity contribution in [1.29, 1.82) is 0 Å². The zero-order valence-corrected chi connectivity index (χ0v) is 10.9. The number of nitrogens with zero attached hydrogens (tertiary/aromatic N) is 1. The maximum atomic E-state index is 11.8. The van der Waals surface area contributed by atoms with Gasteiger partial charge in [-0.3, -0.25) is 4.98 Å². The van der Waals surface area contributed by atoms with Crippen LogP contribution in [0, 0.1) is 0 Å². The Labute approximate surface area is 108 Å². The van der Waals surface area contributed by atoms with Crippen molar-refractivity contribution in [2.24, 2.45) is 0 Å². The molecule has 0 fully saturated rings. The maximum Gasteiger partial charge on any atom is 0.315 e. The molecule has 1 aromatic rings. The average molecular weight is 251 g/mol. The van der Waals surface area contributed by atoms with Crippen LogP contribution in [0.25, 0.3) is 0 Å². The Bertz CT molecular complexity index is 357. The van der Waals surface area contributed by atoms with E-state index in [4.69, 9.17) is 5.11 Å². The van der Waals surface area contributed by atoms with Gasteiger partial charge in [-0.2, -0.15) is 0 Å². The van der Waals surface area contributed by atoms with E-state index in [9.17, 15) is 4.79 Å². The number of aromatic nitrogens is 1. The summed E-state index contributed by atoms with van der Waals surface area (Å²) in [5.41, 5.74) is 1.04. The van der Waals surface area contributed by atoms with Crippen molar-refractivity contribution in [1.82, 2.24) is 15.6 Å². The molecule has 0 radical (unpaired) electrons. The van der Waals surface area contributed by atoms with Crippen LogP contribution in [0.3, 0.4) is 0 Å². The highest BCUT2D eigenvalue weighted by Gasteiger charge is 2.13. The van der Waals surface area contributed by atoms with Gasteiger partial charge in [0.2, 0.25) is 0 Å². The van der Waals surface area contributed by atoms with E-state index in [1.165, 1.54) is 0 Å². The summed E-state index contributed by atoms with van der Waals surface area (Å²) in [5.74, 6) is 0. The number of aliphatic hydroxyl groups excluding tert-OH is 1. The van der Waals surface area contributed by atoms with Crippen molar-refractivity contribution >= 4 is 6.03 Å². The molecule has 2 amide bonds. The fourth-order valence-corrected chi connectivity index (χ4v) is 1.71. The molecule has 3 N–H and O–H groups in total. The first-order valence-electron chi connectivity index (χ1n) is 6.25. The molecule has 100 valence electrons. The van der Waals surface area contributed by atoms with E-state index >= 15 is 0 Å². The highest BCUT2D eigenvalue weighted by Crippen LogP contribution is 2.14. The Morgan fingerprint density at radius 3 is 2.61 bits per heavy atom. The predicted molar refractivity (Wildman–Crippen MR) is 70.1 cm³/mol. The van der Waals surface area contributed by atoms with E-state index in [-0.39, 0.29) is 24.7 Å². The van der Waals surface area contributed by atoms with E-state index in [1.807, 2.05) is 26.0 Å². The van der Waals surface area contributed by atoms with Crippen LogP contribution in [0.5, 0.6) is 0 Å². The third kappa shape index (κ3) is 4.71. The molecule has 18 heavy (non-hydrogen) atoms. The lowest BCUT2D eigenvalue weighted by atomic mass is 10.1. The number of urea groups is 1. The molecule has 5 heteroatoms. The van der Waals surface area contributed by atoms with Gasteiger partial charge >= 0.3 is 6.03 Å². The number of amides is 2. The Morgan fingerprint density at radius 1 is 1.39 bits per heavy atom. The van der Waals surface area contributed by atoms with Crippen molar-refractivity contribution in [3.63, 3.8) is 0 Å². The van der Waals surface area contributed by atoms with Gasteiger partial charge in [0.25, 0.3) is 0 Å². The molecule has 0 aliphatic heterocycles. The van der Waals surface area contributed by atoms with Crippen molar-refractivity contribution in [3.8, 4) is 0 Å². The summed E-state index contributed by atoms with van der Waals surface area (Å²) in [7, 11) is 0. The van der Waals surface area contributed by atoms with E-state index in [0.29, 0.717) is 6.42 Å². The van der Waals surface area contributed by atoms with E-state index in [1.54, 1.807) is 12.4 Å². The molecule has 1 aromatic heterocycles. The van der Waals surface area contributed by atoms with Crippen LogP contribution >= 0.6 is 0 Å². The number of hydrogen-bond acceptors (Lipinski definition) is 3. The highest BCUT2D eigenvalue weighted by atomic mass is 16.3. The highest BCUT2D eigenvalue weighted by molar-refractivity contribution is 5.74. The summed E-state index contributed by atoms with van der Waals surface area (Å²) in [4.78, 5) is 15.7. The summed E-state index contributed by atoms with van der Waals surface area (Å²) in [5, 5.41) is 14.5. The number of pyridine rings is 1. The average Bonchev–Trinajstić information content (AvgIpc) is 2.37. The van der Waals surface area contributed by atoms with Crippen molar-refractivity contribution in [2.45, 2.75) is 38.8 Å². The molecule has 1 unspecified atom stereocenters. The number of nitrogens with one attached hydrogen (secondary N) is 2. The van der Waals surface area contributed by atoms with Gasteiger partial charge in [0.15, 0.2) is 0 Å². The zero-order chi connectivity index (χ0) is 13.4. The molecular weight excluding hydrogens is 230 g/mol. The van der Waals surface area contributed by atoms with Crippen LogP contribution in [0.1, 0.15) is 38.3 Å². The Balaban J connectivity index is 2.51. The smallest absolute Gasteiger partial charge is 0.315 e.